The zero-order chi connectivity index (χ0) is 16.7. The molecule has 3 nitrogen and oxygen atoms in total. The number of carbonyl (C=O) groups excluding carboxylic acids is 1. The van der Waals surface area contributed by atoms with Gasteiger partial charge in [-0.1, -0.05) is 58.0 Å². The molecule has 1 heterocycles. The van der Waals surface area contributed by atoms with Crippen LogP contribution in [0.15, 0.2) is 47.1 Å². The van der Waals surface area contributed by atoms with E-state index in [0.717, 1.165) is 17.7 Å². The molecule has 0 aliphatic heterocycles. The number of ether oxygens (including phenoxy) is 1. The van der Waals surface area contributed by atoms with Crippen LogP contribution in [0.2, 0.25) is 0 Å². The number of esters is 1. The molecule has 1 aromatic carbocycles. The molecule has 0 N–H and O–H groups in total. The van der Waals surface area contributed by atoms with E-state index in [1.54, 1.807) is 6.26 Å². The second-order valence-electron chi connectivity index (χ2n) is 7.57. The molecule has 2 aromatic rings. The molecule has 3 heteroatoms. The van der Waals surface area contributed by atoms with Crippen LogP contribution in [0, 0.1) is 16.7 Å². The van der Waals surface area contributed by atoms with Gasteiger partial charge in [0, 0.05) is 12.0 Å². The smallest absolute Gasteiger partial charge is 0.310 e. The van der Waals surface area contributed by atoms with Gasteiger partial charge in [-0.25, -0.2) is 0 Å². The standard InChI is InChI=1S/C20H24O3/c1-19(2)17(20(19,3)4)18(21)23-13-15-11-16(22-12-15)10-14-8-6-5-7-9-14/h5-9,11-12,17H,10,13H2,1-4H3. The summed E-state index contributed by atoms with van der Waals surface area (Å²) in [6, 6.07) is 12.1. The average Bonchev–Trinajstić information content (AvgIpc) is 2.80. The quantitative estimate of drug-likeness (QED) is 0.758. The van der Waals surface area contributed by atoms with Crippen molar-refractivity contribution >= 4 is 5.97 Å². The Kier molecular flexibility index (Phi) is 3.83. The summed E-state index contributed by atoms with van der Waals surface area (Å²) in [6.07, 6.45) is 2.42. The number of hydrogen-bond acceptors (Lipinski definition) is 3. The normalized spacial score (nSPS) is 18.6. The molecule has 1 aliphatic rings. The number of benzene rings is 1. The fourth-order valence-corrected chi connectivity index (χ4v) is 3.42. The van der Waals surface area contributed by atoms with Crippen LogP contribution in [0.5, 0.6) is 0 Å². The highest BCUT2D eigenvalue weighted by atomic mass is 16.5. The minimum absolute atomic E-state index is 0.0128. The Balaban J connectivity index is 1.55. The van der Waals surface area contributed by atoms with Crippen LogP contribution in [0.4, 0.5) is 0 Å². The van der Waals surface area contributed by atoms with E-state index in [0.29, 0.717) is 0 Å². The highest BCUT2D eigenvalue weighted by Gasteiger charge is 2.69. The molecule has 0 spiro atoms. The molecule has 1 fully saturated rings. The van der Waals surface area contributed by atoms with Gasteiger partial charge in [-0.15, -0.1) is 0 Å². The predicted molar refractivity (Wildman–Crippen MR) is 88.8 cm³/mol. The maximum atomic E-state index is 12.3. The first-order valence-electron chi connectivity index (χ1n) is 8.09. The first kappa shape index (κ1) is 15.9. The summed E-state index contributed by atoms with van der Waals surface area (Å²) in [7, 11) is 0. The number of hydrogen-bond donors (Lipinski definition) is 0. The van der Waals surface area contributed by atoms with E-state index in [9.17, 15) is 4.79 Å². The van der Waals surface area contributed by atoms with Crippen molar-refractivity contribution in [3.63, 3.8) is 0 Å². The maximum Gasteiger partial charge on any atom is 0.310 e. The average molecular weight is 312 g/mol. The Morgan fingerprint density at radius 2 is 1.74 bits per heavy atom. The van der Waals surface area contributed by atoms with Gasteiger partial charge in [0.2, 0.25) is 0 Å². The Morgan fingerprint density at radius 3 is 2.35 bits per heavy atom. The van der Waals surface area contributed by atoms with Crippen LogP contribution in [0.25, 0.3) is 0 Å². The molecular weight excluding hydrogens is 288 g/mol. The minimum Gasteiger partial charge on any atom is -0.469 e. The monoisotopic (exact) mass is 312 g/mol. The van der Waals surface area contributed by atoms with Gasteiger partial charge in [0.05, 0.1) is 12.2 Å². The topological polar surface area (TPSA) is 39.4 Å². The van der Waals surface area contributed by atoms with Crippen LogP contribution in [0.1, 0.15) is 44.6 Å². The molecule has 1 aromatic heterocycles. The Morgan fingerprint density at radius 1 is 1.09 bits per heavy atom. The zero-order valence-electron chi connectivity index (χ0n) is 14.3. The molecule has 0 unspecified atom stereocenters. The number of rotatable bonds is 5. The van der Waals surface area contributed by atoms with Crippen molar-refractivity contribution in [2.24, 2.45) is 16.7 Å². The zero-order valence-corrected chi connectivity index (χ0v) is 14.3. The van der Waals surface area contributed by atoms with E-state index in [1.165, 1.54) is 5.56 Å². The van der Waals surface area contributed by atoms with E-state index in [-0.39, 0.29) is 29.3 Å². The summed E-state index contributed by atoms with van der Waals surface area (Å²) in [6.45, 7) is 8.76. The summed E-state index contributed by atoms with van der Waals surface area (Å²) in [5, 5.41) is 0. The van der Waals surface area contributed by atoms with Crippen LogP contribution in [0.3, 0.4) is 0 Å². The highest BCUT2D eigenvalue weighted by molar-refractivity contribution is 5.78. The molecule has 122 valence electrons. The third-order valence-electron chi connectivity index (χ3n) is 5.57. The van der Waals surface area contributed by atoms with Crippen molar-refractivity contribution in [1.82, 2.24) is 0 Å². The third-order valence-corrected chi connectivity index (χ3v) is 5.57. The van der Waals surface area contributed by atoms with Crippen molar-refractivity contribution in [1.29, 1.82) is 0 Å². The Labute approximate surface area is 137 Å². The fraction of sp³-hybridized carbons (Fsp3) is 0.450. The second kappa shape index (κ2) is 5.55. The summed E-state index contributed by atoms with van der Waals surface area (Å²) in [5.41, 5.74) is 2.13. The Hall–Kier alpha value is -2.03. The summed E-state index contributed by atoms with van der Waals surface area (Å²) in [4.78, 5) is 12.3. The van der Waals surface area contributed by atoms with Gasteiger partial charge in [0.1, 0.15) is 12.4 Å². The molecule has 0 saturated heterocycles. The van der Waals surface area contributed by atoms with Crippen LogP contribution in [-0.4, -0.2) is 5.97 Å². The van der Waals surface area contributed by atoms with Gasteiger partial charge >= 0.3 is 5.97 Å². The molecule has 0 atom stereocenters. The molecule has 0 bridgehead atoms. The molecule has 1 saturated carbocycles. The van der Waals surface area contributed by atoms with Gasteiger partial charge in [-0.3, -0.25) is 4.79 Å². The SMILES string of the molecule is CC1(C)C(C(=O)OCc2coc(Cc3ccccc3)c2)C1(C)C. The van der Waals surface area contributed by atoms with Crippen molar-refractivity contribution in [2.45, 2.75) is 40.7 Å². The predicted octanol–water partition coefficient (Wildman–Crippen LogP) is 4.60. The summed E-state index contributed by atoms with van der Waals surface area (Å²) >= 11 is 0. The minimum atomic E-state index is -0.106. The van der Waals surface area contributed by atoms with Crippen LogP contribution < -0.4 is 0 Å². The highest BCUT2D eigenvalue weighted by Crippen LogP contribution is 2.68. The van der Waals surface area contributed by atoms with Crippen molar-refractivity contribution in [3.05, 3.63) is 59.5 Å². The molecule has 1 aliphatic carbocycles. The van der Waals surface area contributed by atoms with E-state index >= 15 is 0 Å². The molecule has 0 amide bonds. The number of furan rings is 1. The van der Waals surface area contributed by atoms with E-state index in [4.69, 9.17) is 9.15 Å². The molecule has 3 rings (SSSR count). The van der Waals surface area contributed by atoms with E-state index in [2.05, 4.69) is 39.8 Å². The van der Waals surface area contributed by atoms with Gasteiger partial charge in [0.15, 0.2) is 0 Å². The Bertz CT molecular complexity index is 681. The summed E-state index contributed by atoms with van der Waals surface area (Å²) < 4.78 is 11.1. The van der Waals surface area contributed by atoms with E-state index < -0.39 is 0 Å². The van der Waals surface area contributed by atoms with Crippen LogP contribution >= 0.6 is 0 Å². The largest absolute Gasteiger partial charge is 0.469 e. The number of carbonyl (C=O) groups is 1. The first-order chi connectivity index (χ1) is 10.8. The van der Waals surface area contributed by atoms with Gasteiger partial charge in [-0.2, -0.15) is 0 Å². The fourth-order valence-electron chi connectivity index (χ4n) is 3.42. The van der Waals surface area contributed by atoms with Crippen molar-refractivity contribution in [2.75, 3.05) is 0 Å². The van der Waals surface area contributed by atoms with Crippen LogP contribution in [-0.2, 0) is 22.6 Å². The lowest BCUT2D eigenvalue weighted by Gasteiger charge is -2.04. The van der Waals surface area contributed by atoms with Gasteiger partial charge in [0.25, 0.3) is 0 Å². The third kappa shape index (κ3) is 2.92. The maximum absolute atomic E-state index is 12.3. The van der Waals surface area contributed by atoms with Gasteiger partial charge in [-0.05, 0) is 22.5 Å². The summed E-state index contributed by atoms with van der Waals surface area (Å²) in [5.74, 6) is 0.755. The van der Waals surface area contributed by atoms with Crippen molar-refractivity contribution in [3.8, 4) is 0 Å². The lowest BCUT2D eigenvalue weighted by atomic mass is 10.0. The van der Waals surface area contributed by atoms with E-state index in [1.807, 2.05) is 24.3 Å². The lowest BCUT2D eigenvalue weighted by Crippen LogP contribution is -2.11. The van der Waals surface area contributed by atoms with Crippen molar-refractivity contribution < 1.29 is 13.9 Å². The molecule has 23 heavy (non-hydrogen) atoms. The van der Waals surface area contributed by atoms with Gasteiger partial charge < -0.3 is 9.15 Å². The molecule has 0 radical (unpaired) electrons. The lowest BCUT2D eigenvalue weighted by molar-refractivity contribution is -0.148. The first-order valence-corrected chi connectivity index (χ1v) is 8.09. The second-order valence-corrected chi connectivity index (χ2v) is 7.57. The molecular formula is C20H24O3.